The number of hydrazone groups is 1. The molecule has 0 heterocycles. The zero-order valence-corrected chi connectivity index (χ0v) is 13.5. The summed E-state index contributed by atoms with van der Waals surface area (Å²) in [4.78, 5) is 11.7. The Morgan fingerprint density at radius 2 is 1.96 bits per heavy atom. The Morgan fingerprint density at radius 3 is 2.70 bits per heavy atom. The van der Waals surface area contributed by atoms with Crippen molar-refractivity contribution in [1.29, 1.82) is 0 Å². The van der Waals surface area contributed by atoms with Gasteiger partial charge in [0.1, 0.15) is 11.5 Å². The molecule has 2 aromatic carbocycles. The molecule has 0 unspecified atom stereocenters. The average molecular weight is 312 g/mol. The number of phenols is 1. The van der Waals surface area contributed by atoms with E-state index in [4.69, 9.17) is 4.74 Å². The number of carbonyl (C=O) groups excluding carboxylic acids is 1. The van der Waals surface area contributed by atoms with Crippen molar-refractivity contribution < 1.29 is 14.6 Å². The van der Waals surface area contributed by atoms with Gasteiger partial charge in [-0.1, -0.05) is 17.7 Å². The summed E-state index contributed by atoms with van der Waals surface area (Å²) < 4.78 is 5.41. The van der Waals surface area contributed by atoms with Crippen LogP contribution >= 0.6 is 0 Å². The molecule has 2 aromatic rings. The van der Waals surface area contributed by atoms with E-state index in [2.05, 4.69) is 10.5 Å². The summed E-state index contributed by atoms with van der Waals surface area (Å²) in [6.07, 6.45) is 1.40. The molecule has 0 aliphatic carbocycles. The van der Waals surface area contributed by atoms with Crippen molar-refractivity contribution in [2.75, 3.05) is 6.61 Å². The third-order valence-corrected chi connectivity index (χ3v) is 3.42. The topological polar surface area (TPSA) is 70.9 Å². The SMILES string of the molecule is Cc1ccc(O)c(/C=N\NC(=O)COc2ccc(C)c(C)c2)c1. The lowest BCUT2D eigenvalue weighted by atomic mass is 10.1. The van der Waals surface area contributed by atoms with E-state index < -0.39 is 0 Å². The van der Waals surface area contributed by atoms with E-state index in [1.807, 2.05) is 39.0 Å². The number of aromatic hydroxyl groups is 1. The summed E-state index contributed by atoms with van der Waals surface area (Å²) in [6, 6.07) is 10.8. The van der Waals surface area contributed by atoms with Gasteiger partial charge in [-0.15, -0.1) is 0 Å². The second kappa shape index (κ2) is 7.45. The first-order chi connectivity index (χ1) is 11.0. The zero-order valence-electron chi connectivity index (χ0n) is 13.5. The van der Waals surface area contributed by atoms with Crippen LogP contribution in [0.4, 0.5) is 0 Å². The molecular formula is C18H20N2O3. The van der Waals surface area contributed by atoms with Gasteiger partial charge in [0.15, 0.2) is 6.61 Å². The molecule has 5 heteroatoms. The maximum atomic E-state index is 11.7. The maximum absolute atomic E-state index is 11.7. The van der Waals surface area contributed by atoms with E-state index >= 15 is 0 Å². The van der Waals surface area contributed by atoms with Gasteiger partial charge in [-0.3, -0.25) is 4.79 Å². The number of hydrogen-bond acceptors (Lipinski definition) is 4. The van der Waals surface area contributed by atoms with Crippen LogP contribution in [-0.2, 0) is 4.79 Å². The summed E-state index contributed by atoms with van der Waals surface area (Å²) in [7, 11) is 0. The van der Waals surface area contributed by atoms with Gasteiger partial charge in [0.25, 0.3) is 5.91 Å². The van der Waals surface area contributed by atoms with Gasteiger partial charge in [-0.2, -0.15) is 5.10 Å². The zero-order chi connectivity index (χ0) is 16.8. The van der Waals surface area contributed by atoms with E-state index in [1.54, 1.807) is 18.2 Å². The van der Waals surface area contributed by atoms with Crippen molar-refractivity contribution in [2.24, 2.45) is 5.10 Å². The van der Waals surface area contributed by atoms with Crippen molar-refractivity contribution in [3.63, 3.8) is 0 Å². The molecule has 0 radical (unpaired) electrons. The quantitative estimate of drug-likeness (QED) is 0.659. The Kier molecular flexibility index (Phi) is 5.36. The first kappa shape index (κ1) is 16.5. The minimum absolute atomic E-state index is 0.111. The Balaban J connectivity index is 1.86. The van der Waals surface area contributed by atoms with Crippen LogP contribution in [0.15, 0.2) is 41.5 Å². The highest BCUT2D eigenvalue weighted by Gasteiger charge is 2.03. The fraction of sp³-hybridized carbons (Fsp3) is 0.222. The Morgan fingerprint density at radius 1 is 1.17 bits per heavy atom. The van der Waals surface area contributed by atoms with Gasteiger partial charge in [-0.25, -0.2) is 5.43 Å². The lowest BCUT2D eigenvalue weighted by Crippen LogP contribution is -2.24. The molecule has 0 saturated carbocycles. The smallest absolute Gasteiger partial charge is 0.277 e. The standard InChI is InChI=1S/C18H20N2O3/c1-12-4-7-17(21)15(8-12)10-19-20-18(22)11-23-16-6-5-13(2)14(3)9-16/h4-10,21H,11H2,1-3H3,(H,20,22)/b19-10-. The molecule has 2 rings (SSSR count). The molecule has 0 aromatic heterocycles. The Hall–Kier alpha value is -2.82. The molecule has 1 amide bonds. The van der Waals surface area contributed by atoms with Gasteiger partial charge in [0.2, 0.25) is 0 Å². The molecule has 120 valence electrons. The highest BCUT2D eigenvalue weighted by molar-refractivity contribution is 5.85. The summed E-state index contributed by atoms with van der Waals surface area (Å²) in [5, 5.41) is 13.5. The van der Waals surface area contributed by atoms with Crippen molar-refractivity contribution in [3.8, 4) is 11.5 Å². The van der Waals surface area contributed by atoms with Crippen LogP contribution in [0.25, 0.3) is 0 Å². The molecule has 0 saturated heterocycles. The molecule has 0 aliphatic rings. The summed E-state index contributed by atoms with van der Waals surface area (Å²) in [5.74, 6) is 0.384. The lowest BCUT2D eigenvalue weighted by molar-refractivity contribution is -0.123. The molecule has 0 fully saturated rings. The minimum atomic E-state index is -0.369. The first-order valence-electron chi connectivity index (χ1n) is 7.27. The van der Waals surface area contributed by atoms with Crippen molar-refractivity contribution in [1.82, 2.24) is 5.43 Å². The van der Waals surface area contributed by atoms with E-state index in [0.29, 0.717) is 11.3 Å². The van der Waals surface area contributed by atoms with Crippen LogP contribution in [0, 0.1) is 20.8 Å². The molecule has 23 heavy (non-hydrogen) atoms. The monoisotopic (exact) mass is 312 g/mol. The van der Waals surface area contributed by atoms with Crippen LogP contribution in [0.5, 0.6) is 11.5 Å². The Bertz CT molecular complexity index is 739. The fourth-order valence-corrected chi connectivity index (χ4v) is 1.94. The number of amides is 1. The normalized spacial score (nSPS) is 10.7. The first-order valence-corrected chi connectivity index (χ1v) is 7.27. The molecule has 5 nitrogen and oxygen atoms in total. The molecule has 2 N–H and O–H groups in total. The number of nitrogens with zero attached hydrogens (tertiary/aromatic N) is 1. The number of carbonyl (C=O) groups is 1. The van der Waals surface area contributed by atoms with E-state index in [-0.39, 0.29) is 18.3 Å². The summed E-state index contributed by atoms with van der Waals surface area (Å²) in [5.41, 5.74) is 6.18. The van der Waals surface area contributed by atoms with Crippen LogP contribution in [-0.4, -0.2) is 23.8 Å². The van der Waals surface area contributed by atoms with E-state index in [0.717, 1.165) is 11.1 Å². The minimum Gasteiger partial charge on any atom is -0.507 e. The van der Waals surface area contributed by atoms with Gasteiger partial charge in [0, 0.05) is 5.56 Å². The van der Waals surface area contributed by atoms with Crippen LogP contribution in [0.3, 0.4) is 0 Å². The highest BCUT2D eigenvalue weighted by Crippen LogP contribution is 2.16. The third-order valence-electron chi connectivity index (χ3n) is 3.42. The van der Waals surface area contributed by atoms with Gasteiger partial charge in [0.05, 0.1) is 6.21 Å². The van der Waals surface area contributed by atoms with Crippen LogP contribution in [0.1, 0.15) is 22.3 Å². The predicted octanol–water partition coefficient (Wildman–Crippen LogP) is 2.85. The molecule has 0 spiro atoms. The van der Waals surface area contributed by atoms with Gasteiger partial charge in [-0.05, 0) is 56.2 Å². The molecular weight excluding hydrogens is 292 g/mol. The number of hydrogen-bond donors (Lipinski definition) is 2. The number of aryl methyl sites for hydroxylation is 3. The average Bonchev–Trinajstić information content (AvgIpc) is 2.52. The Labute approximate surface area is 135 Å². The lowest BCUT2D eigenvalue weighted by Gasteiger charge is -2.07. The number of nitrogens with one attached hydrogen (secondary N) is 1. The van der Waals surface area contributed by atoms with Gasteiger partial charge >= 0.3 is 0 Å². The molecule has 0 atom stereocenters. The van der Waals surface area contributed by atoms with E-state index in [9.17, 15) is 9.90 Å². The van der Waals surface area contributed by atoms with Crippen molar-refractivity contribution >= 4 is 12.1 Å². The second-order valence-electron chi connectivity index (χ2n) is 5.39. The van der Waals surface area contributed by atoms with E-state index in [1.165, 1.54) is 11.8 Å². The molecule has 0 bridgehead atoms. The van der Waals surface area contributed by atoms with Gasteiger partial charge < -0.3 is 9.84 Å². The van der Waals surface area contributed by atoms with Crippen molar-refractivity contribution in [3.05, 3.63) is 58.7 Å². The maximum Gasteiger partial charge on any atom is 0.277 e. The number of ether oxygens (including phenoxy) is 1. The molecule has 0 aliphatic heterocycles. The van der Waals surface area contributed by atoms with Crippen molar-refractivity contribution in [2.45, 2.75) is 20.8 Å². The van der Waals surface area contributed by atoms with Crippen LogP contribution < -0.4 is 10.2 Å². The largest absolute Gasteiger partial charge is 0.507 e. The predicted molar refractivity (Wildman–Crippen MR) is 90.0 cm³/mol. The number of benzene rings is 2. The number of phenolic OH excluding ortho intramolecular Hbond substituents is 1. The van der Waals surface area contributed by atoms with Crippen LogP contribution in [0.2, 0.25) is 0 Å². The summed E-state index contributed by atoms with van der Waals surface area (Å²) in [6.45, 7) is 5.79. The second-order valence-corrected chi connectivity index (χ2v) is 5.39. The highest BCUT2D eigenvalue weighted by atomic mass is 16.5. The fourth-order valence-electron chi connectivity index (χ4n) is 1.94. The summed E-state index contributed by atoms with van der Waals surface area (Å²) >= 11 is 0. The third kappa shape index (κ3) is 4.85. The number of rotatable bonds is 5.